The number of hydrogen-bond donors (Lipinski definition) is 2. The van der Waals surface area contributed by atoms with Crippen LogP contribution < -0.4 is 0 Å². The Labute approximate surface area is 124 Å². The molecule has 0 unspecified atom stereocenters. The van der Waals surface area contributed by atoms with E-state index in [1.165, 1.54) is 0 Å². The van der Waals surface area contributed by atoms with Crippen LogP contribution in [0, 0.1) is 11.3 Å². The molecule has 80 valence electrons. The molecular weight excluding hydrogens is 309 g/mol. The zero-order valence-electron chi connectivity index (χ0n) is 8.20. The molecule has 0 aromatic heterocycles. The van der Waals surface area contributed by atoms with Crippen molar-refractivity contribution in [3.8, 4) is 0 Å². The first kappa shape index (κ1) is 16.9. The first-order valence-electron chi connectivity index (χ1n) is 4.36. The molecule has 0 aliphatic carbocycles. The van der Waals surface area contributed by atoms with Crippen molar-refractivity contribution in [3.63, 3.8) is 0 Å². The van der Waals surface area contributed by atoms with Crippen molar-refractivity contribution < 1.29 is 19.8 Å². The summed E-state index contributed by atoms with van der Waals surface area (Å²) in [4.78, 5) is 21.8. The van der Waals surface area contributed by atoms with E-state index in [0.717, 1.165) is 0 Å². The predicted molar refractivity (Wildman–Crippen MR) is 56.0 cm³/mol. The maximum absolute atomic E-state index is 10.9. The number of hydrogen-bond acceptors (Lipinski definition) is 2. The Morgan fingerprint density at radius 1 is 1.21 bits per heavy atom. The average molecular weight is 328 g/mol. The summed E-state index contributed by atoms with van der Waals surface area (Å²) in [6, 6.07) is 0. The van der Waals surface area contributed by atoms with Gasteiger partial charge in [-0.3, -0.25) is 9.59 Å². The van der Waals surface area contributed by atoms with Gasteiger partial charge < -0.3 is 10.2 Å². The third kappa shape index (κ3) is 3.27. The molecule has 0 amide bonds. The monoisotopic (exact) mass is 328 g/mol. The van der Waals surface area contributed by atoms with Crippen LogP contribution in [0.1, 0.15) is 33.6 Å². The van der Waals surface area contributed by atoms with E-state index in [1.54, 1.807) is 20.8 Å². The van der Waals surface area contributed by atoms with Crippen LogP contribution in [0.25, 0.3) is 0 Å². The van der Waals surface area contributed by atoms with Crippen LogP contribution in [-0.4, -0.2) is 71.0 Å². The van der Waals surface area contributed by atoms with Gasteiger partial charge in [0, 0.05) is 0 Å². The van der Waals surface area contributed by atoms with E-state index in [2.05, 4.69) is 0 Å². The molecule has 0 fully saturated rings. The van der Waals surface area contributed by atoms with Gasteiger partial charge in [0.25, 0.3) is 0 Å². The fourth-order valence-electron chi connectivity index (χ4n) is 1.48. The minimum atomic E-state index is -1.62. The van der Waals surface area contributed by atoms with E-state index < -0.39 is 23.3 Å². The van der Waals surface area contributed by atoms with Crippen LogP contribution in [0.3, 0.4) is 0 Å². The van der Waals surface area contributed by atoms with Crippen LogP contribution in [0.2, 0.25) is 0 Å². The van der Waals surface area contributed by atoms with Gasteiger partial charge >= 0.3 is 60.8 Å². The Hall–Kier alpha value is 0.511. The SMILES string of the molecule is CCCC(C(=O)O)(C(=O)O)C(C)C.[BaH2]. The molecule has 0 aliphatic rings. The van der Waals surface area contributed by atoms with Gasteiger partial charge in [0.05, 0.1) is 0 Å². The van der Waals surface area contributed by atoms with E-state index in [4.69, 9.17) is 10.2 Å². The summed E-state index contributed by atoms with van der Waals surface area (Å²) in [6.45, 7) is 5.03. The zero-order chi connectivity index (χ0) is 10.6. The molecule has 4 nitrogen and oxygen atoms in total. The molecule has 0 bridgehead atoms. The summed E-state index contributed by atoms with van der Waals surface area (Å²) >= 11 is 0. The summed E-state index contributed by atoms with van der Waals surface area (Å²) in [6.07, 6.45) is 0.728. The first-order chi connectivity index (χ1) is 5.89. The van der Waals surface area contributed by atoms with Crippen molar-refractivity contribution in [3.05, 3.63) is 0 Å². The van der Waals surface area contributed by atoms with Gasteiger partial charge in [0.15, 0.2) is 5.41 Å². The molecule has 0 aliphatic heterocycles. The zero-order valence-corrected chi connectivity index (χ0v) is 8.20. The van der Waals surface area contributed by atoms with Crippen LogP contribution in [0.4, 0.5) is 0 Å². The second-order valence-corrected chi connectivity index (χ2v) is 3.49. The number of carboxylic acids is 2. The normalized spacial score (nSPS) is 10.9. The molecule has 14 heavy (non-hydrogen) atoms. The predicted octanol–water partition coefficient (Wildman–Crippen LogP) is 0.682. The van der Waals surface area contributed by atoms with E-state index in [9.17, 15) is 9.59 Å². The second kappa shape index (κ2) is 6.90. The molecule has 0 spiro atoms. The van der Waals surface area contributed by atoms with Gasteiger partial charge in [-0.05, 0) is 12.3 Å². The van der Waals surface area contributed by atoms with Gasteiger partial charge in [-0.2, -0.15) is 0 Å². The van der Waals surface area contributed by atoms with E-state index >= 15 is 0 Å². The topological polar surface area (TPSA) is 74.6 Å². The van der Waals surface area contributed by atoms with Crippen LogP contribution in [-0.2, 0) is 9.59 Å². The summed E-state index contributed by atoms with van der Waals surface area (Å²) in [5.74, 6) is -2.88. The fourth-order valence-corrected chi connectivity index (χ4v) is 1.48. The molecule has 0 rings (SSSR count). The molecule has 0 heterocycles. The van der Waals surface area contributed by atoms with Crippen molar-refractivity contribution in [1.29, 1.82) is 0 Å². The maximum atomic E-state index is 10.9. The molecule has 5 heteroatoms. The Bertz CT molecular complexity index is 199. The molecular formula is C9H18BaO4. The van der Waals surface area contributed by atoms with Gasteiger partial charge in [0.1, 0.15) is 0 Å². The van der Waals surface area contributed by atoms with Crippen molar-refractivity contribution in [2.45, 2.75) is 33.6 Å². The Balaban J connectivity index is 0. The summed E-state index contributed by atoms with van der Waals surface area (Å²) in [5, 5.41) is 17.8. The third-order valence-corrected chi connectivity index (χ3v) is 2.39. The van der Waals surface area contributed by atoms with Crippen molar-refractivity contribution in [2.75, 3.05) is 0 Å². The van der Waals surface area contributed by atoms with Gasteiger partial charge in [-0.15, -0.1) is 0 Å². The van der Waals surface area contributed by atoms with Crippen LogP contribution in [0.15, 0.2) is 0 Å². The molecule has 2 N–H and O–H groups in total. The van der Waals surface area contributed by atoms with E-state index in [1.807, 2.05) is 0 Å². The Morgan fingerprint density at radius 3 is 1.64 bits per heavy atom. The molecule has 0 aromatic rings. The second-order valence-electron chi connectivity index (χ2n) is 3.49. The minimum absolute atomic E-state index is 0. The van der Waals surface area contributed by atoms with Gasteiger partial charge in [0.2, 0.25) is 0 Å². The first-order valence-corrected chi connectivity index (χ1v) is 4.36. The number of carboxylic acid groups (broad SMARTS) is 2. The molecule has 0 radical (unpaired) electrons. The average Bonchev–Trinajstić information content (AvgIpc) is 1.97. The number of carbonyl (C=O) groups is 2. The Kier molecular flexibility index (Phi) is 8.34. The fraction of sp³-hybridized carbons (Fsp3) is 0.778. The summed E-state index contributed by atoms with van der Waals surface area (Å²) in [5.41, 5.74) is -1.62. The molecule has 0 aromatic carbocycles. The van der Waals surface area contributed by atoms with Crippen molar-refractivity contribution in [1.82, 2.24) is 0 Å². The summed E-state index contributed by atoms with van der Waals surface area (Å²) < 4.78 is 0. The van der Waals surface area contributed by atoms with Gasteiger partial charge in [-0.25, -0.2) is 0 Å². The Morgan fingerprint density at radius 2 is 1.57 bits per heavy atom. The van der Waals surface area contributed by atoms with Crippen molar-refractivity contribution in [2.24, 2.45) is 11.3 Å². The quantitative estimate of drug-likeness (QED) is 0.575. The summed E-state index contributed by atoms with van der Waals surface area (Å²) in [7, 11) is 0. The van der Waals surface area contributed by atoms with Crippen LogP contribution >= 0.6 is 0 Å². The molecule has 0 atom stereocenters. The number of aliphatic carboxylic acids is 2. The molecule has 0 saturated carbocycles. The van der Waals surface area contributed by atoms with Crippen molar-refractivity contribution >= 4 is 60.8 Å². The number of rotatable bonds is 5. The van der Waals surface area contributed by atoms with Crippen LogP contribution in [0.5, 0.6) is 0 Å². The standard InChI is InChI=1S/C9H16O4.Ba.2H/c1-4-5-9(6(2)3,7(10)11)8(12)13;;;/h6H,4-5H2,1-3H3,(H,10,11)(H,12,13);;;. The third-order valence-electron chi connectivity index (χ3n) is 2.39. The van der Waals surface area contributed by atoms with E-state index in [-0.39, 0.29) is 55.3 Å². The van der Waals surface area contributed by atoms with E-state index in [0.29, 0.717) is 6.42 Å². The van der Waals surface area contributed by atoms with Gasteiger partial charge in [-0.1, -0.05) is 27.2 Å². The molecule has 0 saturated heterocycles.